The van der Waals surface area contributed by atoms with E-state index in [-0.39, 0.29) is 12.5 Å². The van der Waals surface area contributed by atoms with Gasteiger partial charge in [-0.05, 0) is 43.7 Å². The summed E-state index contributed by atoms with van der Waals surface area (Å²) < 4.78 is 1.64. The quantitative estimate of drug-likeness (QED) is 0.505. The number of rotatable bonds is 6. The van der Waals surface area contributed by atoms with Gasteiger partial charge in [-0.3, -0.25) is 4.79 Å². The van der Waals surface area contributed by atoms with Gasteiger partial charge in [0.15, 0.2) is 0 Å². The summed E-state index contributed by atoms with van der Waals surface area (Å²) in [5, 5.41) is 11.9. The highest BCUT2D eigenvalue weighted by molar-refractivity contribution is 6.32. The molecular weight excluding hydrogens is 362 g/mol. The van der Waals surface area contributed by atoms with Crippen molar-refractivity contribution in [2.24, 2.45) is 5.10 Å². The molecule has 138 valence electrons. The maximum Gasteiger partial charge on any atom is 0.259 e. The van der Waals surface area contributed by atoms with Gasteiger partial charge in [0, 0.05) is 5.69 Å². The smallest absolute Gasteiger partial charge is 0.259 e. The van der Waals surface area contributed by atoms with Crippen molar-refractivity contribution in [3.05, 3.63) is 76.6 Å². The number of hydrogen-bond donors (Lipinski definition) is 2. The molecule has 3 rings (SSSR count). The summed E-state index contributed by atoms with van der Waals surface area (Å²) in [6.07, 6.45) is 1.51. The van der Waals surface area contributed by atoms with Crippen molar-refractivity contribution in [3.8, 4) is 5.69 Å². The molecule has 7 heteroatoms. The van der Waals surface area contributed by atoms with Crippen LogP contribution in [-0.4, -0.2) is 28.4 Å². The van der Waals surface area contributed by atoms with Gasteiger partial charge in [0.2, 0.25) is 0 Å². The third kappa shape index (κ3) is 4.74. The highest BCUT2D eigenvalue weighted by Crippen LogP contribution is 2.21. The number of nitrogens with zero attached hydrogens (tertiary/aromatic N) is 3. The summed E-state index contributed by atoms with van der Waals surface area (Å²) in [6.45, 7) is 3.96. The lowest BCUT2D eigenvalue weighted by atomic mass is 10.2. The molecule has 0 aliphatic rings. The first kappa shape index (κ1) is 18.7. The fourth-order valence-corrected chi connectivity index (χ4v) is 2.86. The second-order valence-electron chi connectivity index (χ2n) is 6.05. The van der Waals surface area contributed by atoms with Gasteiger partial charge in [0.1, 0.15) is 5.15 Å². The van der Waals surface area contributed by atoms with Crippen LogP contribution in [0.4, 0.5) is 5.69 Å². The lowest BCUT2D eigenvalue weighted by molar-refractivity contribution is -0.119. The molecule has 0 atom stereocenters. The van der Waals surface area contributed by atoms with Crippen molar-refractivity contribution in [2.75, 3.05) is 11.9 Å². The Labute approximate surface area is 162 Å². The van der Waals surface area contributed by atoms with E-state index in [9.17, 15) is 4.79 Å². The first-order valence-corrected chi connectivity index (χ1v) is 8.85. The zero-order chi connectivity index (χ0) is 19.2. The lowest BCUT2D eigenvalue weighted by Crippen LogP contribution is -2.25. The van der Waals surface area contributed by atoms with Gasteiger partial charge in [0.25, 0.3) is 5.91 Å². The number of carbonyl (C=O) groups is 1. The van der Waals surface area contributed by atoms with E-state index in [1.807, 2.05) is 68.4 Å². The number of halogens is 1. The fraction of sp³-hybridized carbons (Fsp3) is 0.150. The van der Waals surface area contributed by atoms with Gasteiger partial charge < -0.3 is 5.32 Å². The van der Waals surface area contributed by atoms with Gasteiger partial charge in [-0.15, -0.1) is 0 Å². The number of benzene rings is 2. The number of anilines is 1. The Hall–Kier alpha value is -3.12. The zero-order valence-corrected chi connectivity index (χ0v) is 15.9. The van der Waals surface area contributed by atoms with Crippen molar-refractivity contribution in [1.82, 2.24) is 15.2 Å². The van der Waals surface area contributed by atoms with E-state index in [0.717, 1.165) is 22.6 Å². The molecule has 0 unspecified atom stereocenters. The summed E-state index contributed by atoms with van der Waals surface area (Å²) in [7, 11) is 0. The minimum Gasteiger partial charge on any atom is -0.376 e. The normalized spacial score (nSPS) is 10.9. The molecule has 0 saturated carbocycles. The molecule has 3 aromatic rings. The van der Waals surface area contributed by atoms with E-state index in [2.05, 4.69) is 20.9 Å². The molecule has 0 radical (unpaired) electrons. The summed E-state index contributed by atoms with van der Waals surface area (Å²) in [5.41, 5.74) is 6.74. The van der Waals surface area contributed by atoms with Crippen LogP contribution in [0.25, 0.3) is 5.69 Å². The number of hydrogen-bond acceptors (Lipinski definition) is 4. The third-order valence-electron chi connectivity index (χ3n) is 3.90. The predicted molar refractivity (Wildman–Crippen MR) is 109 cm³/mol. The van der Waals surface area contributed by atoms with Gasteiger partial charge in [-0.25, -0.2) is 10.1 Å². The summed E-state index contributed by atoms with van der Waals surface area (Å²) in [5.74, 6) is -0.253. The average molecular weight is 382 g/mol. The highest BCUT2D eigenvalue weighted by Gasteiger charge is 2.13. The summed E-state index contributed by atoms with van der Waals surface area (Å²) in [4.78, 5) is 11.9. The number of amides is 1. The van der Waals surface area contributed by atoms with Crippen LogP contribution in [0, 0.1) is 13.8 Å². The lowest BCUT2D eigenvalue weighted by Gasteiger charge is -2.05. The zero-order valence-electron chi connectivity index (χ0n) is 15.1. The van der Waals surface area contributed by atoms with Gasteiger partial charge in [0.05, 0.1) is 29.7 Å². The van der Waals surface area contributed by atoms with Gasteiger partial charge in [-0.2, -0.15) is 10.2 Å². The number of aryl methyl sites for hydroxylation is 2. The largest absolute Gasteiger partial charge is 0.376 e. The Morgan fingerprint density at radius 2 is 1.96 bits per heavy atom. The number of carbonyl (C=O) groups excluding carboxylic acids is 1. The molecule has 1 heterocycles. The van der Waals surface area contributed by atoms with E-state index < -0.39 is 0 Å². The molecule has 27 heavy (non-hydrogen) atoms. The molecule has 2 aromatic carbocycles. The Balaban J connectivity index is 1.61. The van der Waals surface area contributed by atoms with Crippen LogP contribution in [0.2, 0.25) is 5.15 Å². The molecule has 1 aromatic heterocycles. The first-order chi connectivity index (χ1) is 13.0. The number of para-hydroxylation sites is 1. The van der Waals surface area contributed by atoms with E-state index in [0.29, 0.717) is 10.7 Å². The van der Waals surface area contributed by atoms with Crippen LogP contribution in [0.15, 0.2) is 59.7 Å². The molecule has 0 fully saturated rings. The number of hydrazone groups is 1. The van der Waals surface area contributed by atoms with Crippen LogP contribution in [-0.2, 0) is 4.79 Å². The van der Waals surface area contributed by atoms with E-state index in [1.165, 1.54) is 6.21 Å². The van der Waals surface area contributed by atoms with E-state index in [4.69, 9.17) is 11.6 Å². The molecule has 0 bridgehead atoms. The highest BCUT2D eigenvalue weighted by atomic mass is 35.5. The van der Waals surface area contributed by atoms with Gasteiger partial charge >= 0.3 is 0 Å². The number of nitrogens with one attached hydrogen (secondary N) is 2. The van der Waals surface area contributed by atoms with E-state index >= 15 is 0 Å². The standard InChI is InChI=1S/C20H20ClN5O/c1-14-7-6-8-16(11-14)22-13-19(27)24-23-12-18-15(2)25-26(20(18)21)17-9-4-3-5-10-17/h3-12,22H,13H2,1-2H3,(H,24,27)/b23-12-. The second-order valence-corrected chi connectivity index (χ2v) is 6.41. The maximum atomic E-state index is 11.9. The van der Waals surface area contributed by atoms with E-state index in [1.54, 1.807) is 4.68 Å². The van der Waals surface area contributed by atoms with Gasteiger partial charge in [-0.1, -0.05) is 41.9 Å². The Kier molecular flexibility index (Phi) is 5.88. The Morgan fingerprint density at radius 1 is 1.19 bits per heavy atom. The molecule has 0 saturated heterocycles. The van der Waals surface area contributed by atoms with Crippen molar-refractivity contribution < 1.29 is 4.79 Å². The third-order valence-corrected chi connectivity index (χ3v) is 4.27. The molecule has 6 nitrogen and oxygen atoms in total. The number of aromatic nitrogens is 2. The van der Waals surface area contributed by atoms with Crippen LogP contribution < -0.4 is 10.7 Å². The van der Waals surface area contributed by atoms with Crippen molar-refractivity contribution in [2.45, 2.75) is 13.8 Å². The minimum absolute atomic E-state index is 0.122. The molecule has 2 N–H and O–H groups in total. The van der Waals surface area contributed by atoms with Crippen molar-refractivity contribution >= 4 is 29.4 Å². The van der Waals surface area contributed by atoms with Crippen molar-refractivity contribution in [1.29, 1.82) is 0 Å². The summed E-state index contributed by atoms with van der Waals surface area (Å²) in [6, 6.07) is 17.4. The summed E-state index contributed by atoms with van der Waals surface area (Å²) >= 11 is 6.42. The Morgan fingerprint density at radius 3 is 2.70 bits per heavy atom. The second kappa shape index (κ2) is 8.51. The Bertz CT molecular complexity index is 966. The minimum atomic E-state index is -0.253. The molecule has 1 amide bonds. The maximum absolute atomic E-state index is 11.9. The topological polar surface area (TPSA) is 71.3 Å². The SMILES string of the molecule is Cc1cccc(NCC(=O)N/N=C\c2c(C)nn(-c3ccccc3)c2Cl)c1. The molecule has 0 aliphatic carbocycles. The van der Waals surface area contributed by atoms with Crippen molar-refractivity contribution in [3.63, 3.8) is 0 Å². The van der Waals surface area contributed by atoms with Crippen LogP contribution in [0.3, 0.4) is 0 Å². The fourth-order valence-electron chi connectivity index (χ4n) is 2.54. The average Bonchev–Trinajstić information content (AvgIpc) is 2.95. The van der Waals surface area contributed by atoms with Crippen LogP contribution >= 0.6 is 11.6 Å². The van der Waals surface area contributed by atoms with Crippen LogP contribution in [0.5, 0.6) is 0 Å². The monoisotopic (exact) mass is 381 g/mol. The van der Waals surface area contributed by atoms with Crippen LogP contribution in [0.1, 0.15) is 16.8 Å². The molecule has 0 spiro atoms. The first-order valence-electron chi connectivity index (χ1n) is 8.47. The molecule has 0 aliphatic heterocycles. The molecular formula is C20H20ClN5O. The predicted octanol–water partition coefficient (Wildman–Crippen LogP) is 3.70.